The zero-order chi connectivity index (χ0) is 11.5. The Morgan fingerprint density at radius 3 is 2.44 bits per heavy atom. The van der Waals surface area contributed by atoms with Gasteiger partial charge in [0.25, 0.3) is 0 Å². The first-order valence-corrected chi connectivity index (χ1v) is 5.47. The third kappa shape index (κ3) is 2.25. The highest BCUT2D eigenvalue weighted by Gasteiger charge is 2.03. The number of nitrogen functional groups attached to an aromatic ring is 1. The van der Waals surface area contributed by atoms with Gasteiger partial charge in [0.15, 0.2) is 0 Å². The maximum atomic E-state index is 5.88. The lowest BCUT2D eigenvalue weighted by Crippen LogP contribution is -1.97. The number of aryl methyl sites for hydroxylation is 2. The number of hydrogen-bond acceptors (Lipinski definition) is 1. The zero-order valence-electron chi connectivity index (χ0n) is 9.75. The van der Waals surface area contributed by atoms with Crippen LogP contribution < -0.4 is 5.73 Å². The van der Waals surface area contributed by atoms with E-state index < -0.39 is 0 Å². The molecule has 0 saturated carbocycles. The molecule has 0 heterocycles. The number of benzene rings is 2. The van der Waals surface area contributed by atoms with Crippen LogP contribution >= 0.6 is 0 Å². The van der Waals surface area contributed by atoms with E-state index in [1.807, 2.05) is 12.1 Å². The molecule has 0 aromatic heterocycles. The van der Waals surface area contributed by atoms with E-state index >= 15 is 0 Å². The minimum Gasteiger partial charge on any atom is -0.399 e. The van der Waals surface area contributed by atoms with Crippen LogP contribution in [0.5, 0.6) is 0 Å². The van der Waals surface area contributed by atoms with Gasteiger partial charge in [-0.1, -0.05) is 30.3 Å². The minimum atomic E-state index is 0.877. The molecule has 0 fully saturated rings. The summed E-state index contributed by atoms with van der Waals surface area (Å²) < 4.78 is 0. The Morgan fingerprint density at radius 2 is 1.75 bits per heavy atom. The Hall–Kier alpha value is -1.76. The molecule has 1 nitrogen and oxygen atoms in total. The van der Waals surface area contributed by atoms with Crippen LogP contribution in [0.25, 0.3) is 0 Å². The first kappa shape index (κ1) is 10.7. The van der Waals surface area contributed by atoms with E-state index in [4.69, 9.17) is 5.73 Å². The molecule has 2 N–H and O–H groups in total. The molecule has 81 valence electrons. The lowest BCUT2D eigenvalue weighted by Gasteiger charge is -2.09. The van der Waals surface area contributed by atoms with Crippen LogP contribution in [-0.2, 0) is 6.42 Å². The fourth-order valence-electron chi connectivity index (χ4n) is 1.85. The lowest BCUT2D eigenvalue weighted by atomic mass is 9.98. The second-order valence-corrected chi connectivity index (χ2v) is 4.22. The Kier molecular flexibility index (Phi) is 2.95. The van der Waals surface area contributed by atoms with Crippen molar-refractivity contribution in [3.63, 3.8) is 0 Å². The molecule has 0 saturated heterocycles. The van der Waals surface area contributed by atoms with E-state index in [9.17, 15) is 0 Å². The van der Waals surface area contributed by atoms with Crippen molar-refractivity contribution in [3.8, 4) is 0 Å². The molecular formula is C15H16N. The van der Waals surface area contributed by atoms with Crippen molar-refractivity contribution >= 4 is 5.69 Å². The van der Waals surface area contributed by atoms with Crippen LogP contribution in [-0.4, -0.2) is 0 Å². The van der Waals surface area contributed by atoms with Gasteiger partial charge in [-0.3, -0.25) is 0 Å². The number of nitrogens with two attached hydrogens (primary N) is 1. The van der Waals surface area contributed by atoms with E-state index in [-0.39, 0.29) is 0 Å². The van der Waals surface area contributed by atoms with Gasteiger partial charge >= 0.3 is 0 Å². The molecule has 2 rings (SSSR count). The van der Waals surface area contributed by atoms with E-state index in [0.29, 0.717) is 0 Å². The van der Waals surface area contributed by atoms with Gasteiger partial charge in [0.1, 0.15) is 0 Å². The highest BCUT2D eigenvalue weighted by atomic mass is 14.6. The Morgan fingerprint density at radius 1 is 1.06 bits per heavy atom. The average molecular weight is 210 g/mol. The number of rotatable bonds is 2. The van der Waals surface area contributed by atoms with Gasteiger partial charge < -0.3 is 5.73 Å². The Bertz CT molecular complexity index is 486. The second kappa shape index (κ2) is 4.40. The lowest BCUT2D eigenvalue weighted by molar-refractivity contribution is 1.15. The van der Waals surface area contributed by atoms with Crippen LogP contribution in [0.1, 0.15) is 22.3 Å². The first-order chi connectivity index (χ1) is 7.66. The molecule has 16 heavy (non-hydrogen) atoms. The molecule has 0 unspecified atom stereocenters. The topological polar surface area (TPSA) is 26.0 Å². The van der Waals surface area contributed by atoms with Gasteiger partial charge in [0, 0.05) is 5.69 Å². The van der Waals surface area contributed by atoms with Crippen molar-refractivity contribution in [2.45, 2.75) is 20.3 Å². The maximum Gasteiger partial charge on any atom is 0.0346 e. The fourth-order valence-corrected chi connectivity index (χ4v) is 1.85. The predicted octanol–water partition coefficient (Wildman–Crippen LogP) is 3.28. The van der Waals surface area contributed by atoms with Crippen LogP contribution in [0.2, 0.25) is 0 Å². The standard InChI is InChI=1S/C15H16N/c1-11-9-15(16)12(2)8-14(11)10-13-6-4-3-5-7-13/h4-9H,10,16H2,1-2H3. The SMILES string of the molecule is Cc1cc(Cc2cc[c]cc2)c(C)cc1N. The smallest absolute Gasteiger partial charge is 0.0346 e. The van der Waals surface area contributed by atoms with Gasteiger partial charge in [-0.15, -0.1) is 0 Å². The van der Waals surface area contributed by atoms with Crippen molar-refractivity contribution in [2.75, 3.05) is 5.73 Å². The fraction of sp³-hybridized carbons (Fsp3) is 0.200. The summed E-state index contributed by atoms with van der Waals surface area (Å²) in [6.07, 6.45) is 0.960. The van der Waals surface area contributed by atoms with Crippen molar-refractivity contribution in [3.05, 3.63) is 64.7 Å². The summed E-state index contributed by atoms with van der Waals surface area (Å²) >= 11 is 0. The third-order valence-corrected chi connectivity index (χ3v) is 2.91. The minimum absolute atomic E-state index is 0.877. The Labute approximate surface area is 96.9 Å². The summed E-state index contributed by atoms with van der Waals surface area (Å²) in [6.45, 7) is 4.16. The van der Waals surface area contributed by atoms with Gasteiger partial charge in [-0.25, -0.2) is 0 Å². The van der Waals surface area contributed by atoms with Gasteiger partial charge in [0.05, 0.1) is 0 Å². The number of hydrogen-bond donors (Lipinski definition) is 1. The van der Waals surface area contributed by atoms with Crippen molar-refractivity contribution in [2.24, 2.45) is 0 Å². The molecule has 0 aliphatic rings. The summed E-state index contributed by atoms with van der Waals surface area (Å²) in [5.41, 5.74) is 11.8. The largest absolute Gasteiger partial charge is 0.399 e. The summed E-state index contributed by atoms with van der Waals surface area (Å²) in [5, 5.41) is 0. The van der Waals surface area contributed by atoms with Gasteiger partial charge in [-0.05, 0) is 54.7 Å². The highest BCUT2D eigenvalue weighted by Crippen LogP contribution is 2.20. The van der Waals surface area contributed by atoms with Gasteiger partial charge in [-0.2, -0.15) is 0 Å². The molecule has 0 bridgehead atoms. The molecular weight excluding hydrogens is 194 g/mol. The molecule has 2 aromatic rings. The summed E-state index contributed by atoms with van der Waals surface area (Å²) in [5.74, 6) is 0. The van der Waals surface area contributed by atoms with Crippen molar-refractivity contribution in [1.82, 2.24) is 0 Å². The molecule has 0 spiro atoms. The average Bonchev–Trinajstić information content (AvgIpc) is 2.27. The summed E-state index contributed by atoms with van der Waals surface area (Å²) in [4.78, 5) is 0. The Balaban J connectivity index is 2.32. The first-order valence-electron chi connectivity index (χ1n) is 5.47. The van der Waals surface area contributed by atoms with Crippen LogP contribution in [0.3, 0.4) is 0 Å². The molecule has 0 aliphatic carbocycles. The molecule has 2 aromatic carbocycles. The summed E-state index contributed by atoms with van der Waals surface area (Å²) in [7, 11) is 0. The summed E-state index contributed by atoms with van der Waals surface area (Å²) in [6, 6.07) is 15.4. The van der Waals surface area contributed by atoms with Crippen LogP contribution in [0.4, 0.5) is 5.69 Å². The number of anilines is 1. The van der Waals surface area contributed by atoms with Crippen molar-refractivity contribution < 1.29 is 0 Å². The van der Waals surface area contributed by atoms with Crippen molar-refractivity contribution in [1.29, 1.82) is 0 Å². The van der Waals surface area contributed by atoms with Gasteiger partial charge in [0.2, 0.25) is 0 Å². The van der Waals surface area contributed by atoms with Crippen LogP contribution in [0.15, 0.2) is 36.4 Å². The molecule has 1 radical (unpaired) electrons. The molecule has 0 amide bonds. The van der Waals surface area contributed by atoms with Crippen LogP contribution in [0, 0.1) is 19.9 Å². The highest BCUT2D eigenvalue weighted by molar-refractivity contribution is 5.52. The normalized spacial score (nSPS) is 10.4. The van der Waals surface area contributed by atoms with E-state index in [1.54, 1.807) is 0 Å². The molecule has 1 heteroatoms. The van der Waals surface area contributed by atoms with E-state index in [0.717, 1.165) is 17.7 Å². The van der Waals surface area contributed by atoms with E-state index in [1.165, 1.54) is 16.7 Å². The third-order valence-electron chi connectivity index (χ3n) is 2.91. The second-order valence-electron chi connectivity index (χ2n) is 4.22. The zero-order valence-corrected chi connectivity index (χ0v) is 9.75. The molecule has 0 atom stereocenters. The van der Waals surface area contributed by atoms with E-state index in [2.05, 4.69) is 44.2 Å². The quantitative estimate of drug-likeness (QED) is 0.756. The predicted molar refractivity (Wildman–Crippen MR) is 68.4 cm³/mol. The monoisotopic (exact) mass is 210 g/mol. The maximum absolute atomic E-state index is 5.88. The molecule has 0 aliphatic heterocycles.